The third-order valence-corrected chi connectivity index (χ3v) is 6.94. The summed E-state index contributed by atoms with van der Waals surface area (Å²) < 4.78 is 17.3. The lowest BCUT2D eigenvalue weighted by molar-refractivity contribution is -0.113. The number of anilines is 1. The highest BCUT2D eigenvalue weighted by molar-refractivity contribution is 7.99. The topological polar surface area (TPSA) is 148 Å². The lowest BCUT2D eigenvalue weighted by atomic mass is 10.1. The van der Waals surface area contributed by atoms with E-state index in [9.17, 15) is 14.4 Å². The van der Waals surface area contributed by atoms with Gasteiger partial charge in [-0.05, 0) is 36.8 Å². The number of hydrogen-bond acceptors (Lipinski definition) is 10. The van der Waals surface area contributed by atoms with E-state index >= 15 is 0 Å². The molecule has 11 nitrogen and oxygen atoms in total. The fraction of sp³-hybridized carbons (Fsp3) is 0.286. The van der Waals surface area contributed by atoms with E-state index in [4.69, 9.17) is 19.9 Å². The SMILES string of the molecule is COC(=O)c1c(NC(=O)CSc2nnc(COc3ccc(OC)cc3)n2C)sc(C(N)=O)c1C. The molecule has 34 heavy (non-hydrogen) atoms. The average molecular weight is 506 g/mol. The van der Waals surface area contributed by atoms with E-state index in [0.29, 0.717) is 22.3 Å². The zero-order chi connectivity index (χ0) is 24.8. The molecule has 0 bridgehead atoms. The Bertz CT molecular complexity index is 1210. The van der Waals surface area contributed by atoms with Crippen LogP contribution in [-0.4, -0.2) is 52.5 Å². The second-order valence-electron chi connectivity index (χ2n) is 6.88. The van der Waals surface area contributed by atoms with Crippen molar-refractivity contribution in [2.75, 3.05) is 25.3 Å². The van der Waals surface area contributed by atoms with Gasteiger partial charge in [-0.3, -0.25) is 9.59 Å². The fourth-order valence-electron chi connectivity index (χ4n) is 2.89. The Labute approximate surface area is 203 Å². The minimum Gasteiger partial charge on any atom is -0.497 e. The van der Waals surface area contributed by atoms with Gasteiger partial charge in [-0.2, -0.15) is 0 Å². The molecule has 0 saturated heterocycles. The second-order valence-corrected chi connectivity index (χ2v) is 8.84. The molecule has 0 saturated carbocycles. The van der Waals surface area contributed by atoms with Crippen LogP contribution in [0.3, 0.4) is 0 Å². The van der Waals surface area contributed by atoms with Crippen molar-refractivity contribution in [1.82, 2.24) is 14.8 Å². The number of carbonyl (C=O) groups is 3. The van der Waals surface area contributed by atoms with Crippen LogP contribution in [0.4, 0.5) is 5.00 Å². The quantitative estimate of drug-likeness (QED) is 0.313. The molecule has 0 fully saturated rings. The highest BCUT2D eigenvalue weighted by Gasteiger charge is 2.25. The minimum absolute atomic E-state index is 0.00518. The standard InChI is InChI=1S/C21H23N5O6S2/c1-11-16(20(29)31-4)19(34-17(11)18(22)28)23-15(27)10-33-21-25-24-14(26(21)2)9-32-13-7-5-12(30-3)6-8-13/h5-8H,9-10H2,1-4H3,(H2,22,28)(H,23,27). The summed E-state index contributed by atoms with van der Waals surface area (Å²) in [6.07, 6.45) is 0. The van der Waals surface area contributed by atoms with Crippen LogP contribution in [-0.2, 0) is 23.2 Å². The van der Waals surface area contributed by atoms with E-state index in [1.54, 1.807) is 49.9 Å². The molecule has 13 heteroatoms. The van der Waals surface area contributed by atoms with Gasteiger partial charge in [-0.25, -0.2) is 4.79 Å². The molecule has 0 radical (unpaired) electrons. The van der Waals surface area contributed by atoms with Gasteiger partial charge in [0.05, 0.1) is 30.4 Å². The first-order valence-corrected chi connectivity index (χ1v) is 11.6. The van der Waals surface area contributed by atoms with Crippen molar-refractivity contribution in [2.24, 2.45) is 12.8 Å². The van der Waals surface area contributed by atoms with Crippen LogP contribution >= 0.6 is 23.1 Å². The third-order valence-electron chi connectivity index (χ3n) is 4.70. The number of carbonyl (C=O) groups excluding carboxylic acids is 3. The molecule has 0 aliphatic rings. The second kappa shape index (κ2) is 11.0. The van der Waals surface area contributed by atoms with Gasteiger partial charge in [0.25, 0.3) is 5.91 Å². The van der Waals surface area contributed by atoms with Crippen LogP contribution in [0.1, 0.15) is 31.4 Å². The molecule has 2 heterocycles. The fourth-order valence-corrected chi connectivity index (χ4v) is 4.69. The van der Waals surface area contributed by atoms with Crippen LogP contribution in [0.5, 0.6) is 11.5 Å². The van der Waals surface area contributed by atoms with Crippen LogP contribution in [0.25, 0.3) is 0 Å². The molecular formula is C21H23N5O6S2. The maximum Gasteiger partial charge on any atom is 0.341 e. The van der Waals surface area contributed by atoms with Gasteiger partial charge in [0.1, 0.15) is 23.1 Å². The van der Waals surface area contributed by atoms with Gasteiger partial charge >= 0.3 is 5.97 Å². The van der Waals surface area contributed by atoms with Crippen molar-refractivity contribution in [2.45, 2.75) is 18.7 Å². The predicted octanol–water partition coefficient (Wildman–Crippen LogP) is 2.39. The van der Waals surface area contributed by atoms with Gasteiger partial charge in [0.15, 0.2) is 11.0 Å². The summed E-state index contributed by atoms with van der Waals surface area (Å²) in [6.45, 7) is 1.76. The highest BCUT2D eigenvalue weighted by atomic mass is 32.2. The summed E-state index contributed by atoms with van der Waals surface area (Å²) >= 11 is 2.09. The van der Waals surface area contributed by atoms with Gasteiger partial charge in [0.2, 0.25) is 5.91 Å². The van der Waals surface area contributed by atoms with Crippen molar-refractivity contribution in [3.63, 3.8) is 0 Å². The summed E-state index contributed by atoms with van der Waals surface area (Å²) in [5.41, 5.74) is 5.84. The zero-order valence-corrected chi connectivity index (χ0v) is 20.5. The smallest absolute Gasteiger partial charge is 0.341 e. The van der Waals surface area contributed by atoms with E-state index in [1.165, 1.54) is 7.11 Å². The zero-order valence-electron chi connectivity index (χ0n) is 18.9. The number of nitrogens with zero attached hydrogens (tertiary/aromatic N) is 3. The Balaban J connectivity index is 1.61. The molecule has 1 aromatic carbocycles. The Kier molecular flexibility index (Phi) is 8.12. The highest BCUT2D eigenvalue weighted by Crippen LogP contribution is 2.33. The van der Waals surface area contributed by atoms with Crippen LogP contribution in [0.15, 0.2) is 29.4 Å². The molecule has 0 aliphatic heterocycles. The molecular weight excluding hydrogens is 482 g/mol. The molecule has 2 aromatic heterocycles. The molecule has 0 unspecified atom stereocenters. The largest absolute Gasteiger partial charge is 0.497 e. The average Bonchev–Trinajstić information content (AvgIpc) is 3.35. The molecule has 0 spiro atoms. The maximum atomic E-state index is 12.5. The first kappa shape index (κ1) is 25.1. The summed E-state index contributed by atoms with van der Waals surface area (Å²) in [4.78, 5) is 36.5. The third kappa shape index (κ3) is 5.66. The van der Waals surface area contributed by atoms with Crippen molar-refractivity contribution in [1.29, 1.82) is 0 Å². The lowest BCUT2D eigenvalue weighted by Crippen LogP contribution is -2.16. The van der Waals surface area contributed by atoms with Crippen LogP contribution in [0.2, 0.25) is 0 Å². The van der Waals surface area contributed by atoms with Gasteiger partial charge in [-0.1, -0.05) is 11.8 Å². The number of thioether (sulfide) groups is 1. The molecule has 180 valence electrons. The molecule has 0 aliphatic carbocycles. The van der Waals surface area contributed by atoms with E-state index in [0.717, 1.165) is 28.8 Å². The first-order valence-electron chi connectivity index (χ1n) is 9.84. The normalized spacial score (nSPS) is 10.6. The molecule has 0 atom stereocenters. The van der Waals surface area contributed by atoms with Crippen LogP contribution in [0, 0.1) is 6.92 Å². The van der Waals surface area contributed by atoms with Crippen molar-refractivity contribution in [3.8, 4) is 11.5 Å². The summed E-state index contributed by atoms with van der Waals surface area (Å²) in [5, 5.41) is 11.6. The van der Waals surface area contributed by atoms with Gasteiger partial charge < -0.3 is 29.8 Å². The lowest BCUT2D eigenvalue weighted by Gasteiger charge is -2.08. The number of nitrogens with two attached hydrogens (primary N) is 1. The van der Waals surface area contributed by atoms with Crippen molar-refractivity contribution >= 4 is 45.9 Å². The molecule has 3 aromatic rings. The number of aromatic nitrogens is 3. The molecule has 2 amide bonds. The maximum absolute atomic E-state index is 12.5. The molecule has 3 rings (SSSR count). The Morgan fingerprint density at radius 1 is 1.15 bits per heavy atom. The summed E-state index contributed by atoms with van der Waals surface area (Å²) in [5.74, 6) is 0.197. The number of nitrogens with one attached hydrogen (secondary N) is 1. The van der Waals surface area contributed by atoms with E-state index in [1.807, 2.05) is 0 Å². The first-order chi connectivity index (χ1) is 16.2. The predicted molar refractivity (Wildman–Crippen MR) is 127 cm³/mol. The van der Waals surface area contributed by atoms with E-state index < -0.39 is 17.8 Å². The number of thiophene rings is 1. The Morgan fingerprint density at radius 2 is 1.82 bits per heavy atom. The number of hydrogen-bond donors (Lipinski definition) is 2. The van der Waals surface area contributed by atoms with E-state index in [2.05, 4.69) is 15.5 Å². The monoisotopic (exact) mass is 505 g/mol. The number of rotatable bonds is 10. The van der Waals surface area contributed by atoms with Crippen molar-refractivity contribution in [3.05, 3.63) is 46.1 Å². The van der Waals surface area contributed by atoms with Crippen molar-refractivity contribution < 1.29 is 28.6 Å². The molecule has 3 N–H and O–H groups in total. The number of ether oxygens (including phenoxy) is 3. The number of methoxy groups -OCH3 is 2. The summed E-state index contributed by atoms with van der Waals surface area (Å²) in [6, 6.07) is 7.15. The van der Waals surface area contributed by atoms with Crippen LogP contribution < -0.4 is 20.5 Å². The number of esters is 1. The number of benzene rings is 1. The summed E-state index contributed by atoms with van der Waals surface area (Å²) in [7, 11) is 4.58. The Hall–Kier alpha value is -3.58. The van der Waals surface area contributed by atoms with Gasteiger partial charge in [-0.15, -0.1) is 21.5 Å². The Morgan fingerprint density at radius 3 is 2.44 bits per heavy atom. The number of amides is 2. The van der Waals surface area contributed by atoms with Gasteiger partial charge in [0, 0.05) is 7.05 Å². The minimum atomic E-state index is -0.689. The van der Waals surface area contributed by atoms with E-state index in [-0.39, 0.29) is 27.8 Å². The number of primary amides is 1.